The first-order valence-electron chi connectivity index (χ1n) is 13.3. The van der Waals surface area contributed by atoms with Crippen LogP contribution in [0.3, 0.4) is 0 Å². The van der Waals surface area contributed by atoms with Gasteiger partial charge in [-0.05, 0) is 94.0 Å². The lowest BCUT2D eigenvalue weighted by Gasteiger charge is -2.07. The fraction of sp³-hybridized carbons (Fsp3) is 0.0526. The third-order valence-corrected chi connectivity index (χ3v) is 7.98. The third kappa shape index (κ3) is 6.22. The van der Waals surface area contributed by atoms with Crippen LogP contribution < -0.4 is 0 Å². The monoisotopic (exact) mass is 518 g/mol. The fourth-order valence-electron chi connectivity index (χ4n) is 4.70. The van der Waals surface area contributed by atoms with Crippen molar-refractivity contribution in [3.8, 4) is 0 Å². The van der Waals surface area contributed by atoms with Crippen molar-refractivity contribution in [2.24, 2.45) is 0 Å². The Morgan fingerprint density at radius 1 is 0.359 bits per heavy atom. The van der Waals surface area contributed by atoms with Crippen molar-refractivity contribution in [1.82, 2.24) is 0 Å². The van der Waals surface area contributed by atoms with E-state index in [0.29, 0.717) is 0 Å². The van der Waals surface area contributed by atoms with Crippen LogP contribution in [0.5, 0.6) is 0 Å². The summed E-state index contributed by atoms with van der Waals surface area (Å²) in [6.45, 7) is 4.23. The summed E-state index contributed by atoms with van der Waals surface area (Å²) in [5.41, 5.74) is 7.44. The summed E-state index contributed by atoms with van der Waals surface area (Å²) >= 11 is 1.82. The molecule has 0 radical (unpaired) electrons. The molecule has 39 heavy (non-hydrogen) atoms. The summed E-state index contributed by atoms with van der Waals surface area (Å²) in [7, 11) is 0. The van der Waals surface area contributed by atoms with Crippen LogP contribution in [0.4, 0.5) is 0 Å². The standard InChI is InChI=1S/C38H30S/c1-27-3-7-29(8-4-27)11-13-31-15-17-35-25-37(21-19-33(35)23-31)39-38-22-20-34-24-32(16-18-36(34)26-38)14-12-30-9-5-28(2)6-10-30/h3-26H,1-2H3/b13-11+,14-12+. The molecule has 0 spiro atoms. The number of hydrogen-bond acceptors (Lipinski definition) is 1. The van der Waals surface area contributed by atoms with Crippen LogP contribution in [0, 0.1) is 13.8 Å². The Balaban J connectivity index is 1.16. The molecule has 0 aromatic heterocycles. The highest BCUT2D eigenvalue weighted by molar-refractivity contribution is 7.99. The van der Waals surface area contributed by atoms with Crippen molar-refractivity contribution in [2.75, 3.05) is 0 Å². The first kappa shape index (κ1) is 25.0. The summed E-state index contributed by atoms with van der Waals surface area (Å²) in [6.07, 6.45) is 8.72. The van der Waals surface area contributed by atoms with Crippen LogP contribution in [0.15, 0.2) is 131 Å². The minimum atomic E-state index is 1.21. The van der Waals surface area contributed by atoms with Gasteiger partial charge in [-0.2, -0.15) is 0 Å². The summed E-state index contributed by atoms with van der Waals surface area (Å²) in [6, 6.07) is 44.1. The molecule has 0 aliphatic heterocycles. The van der Waals surface area contributed by atoms with Gasteiger partial charge in [0.05, 0.1) is 0 Å². The van der Waals surface area contributed by atoms with Crippen LogP contribution in [0.25, 0.3) is 45.8 Å². The van der Waals surface area contributed by atoms with Gasteiger partial charge in [0.2, 0.25) is 0 Å². The predicted octanol–water partition coefficient (Wildman–Crippen LogP) is 11.1. The highest BCUT2D eigenvalue weighted by Crippen LogP contribution is 2.33. The molecule has 188 valence electrons. The van der Waals surface area contributed by atoms with E-state index in [9.17, 15) is 0 Å². The van der Waals surface area contributed by atoms with Crippen molar-refractivity contribution in [3.05, 3.63) is 155 Å². The zero-order valence-corrected chi connectivity index (χ0v) is 23.1. The normalized spacial score (nSPS) is 11.7. The van der Waals surface area contributed by atoms with Gasteiger partial charge >= 0.3 is 0 Å². The number of aryl methyl sites for hydroxylation is 2. The molecule has 0 aliphatic carbocycles. The van der Waals surface area contributed by atoms with E-state index in [0.717, 1.165) is 0 Å². The maximum absolute atomic E-state index is 2.29. The van der Waals surface area contributed by atoms with Gasteiger partial charge in [-0.1, -0.05) is 132 Å². The summed E-state index contributed by atoms with van der Waals surface area (Å²) < 4.78 is 0. The second-order valence-corrected chi connectivity index (χ2v) is 11.3. The lowest BCUT2D eigenvalue weighted by molar-refractivity contribution is 1.44. The van der Waals surface area contributed by atoms with Gasteiger partial charge in [-0.25, -0.2) is 0 Å². The number of rotatable bonds is 6. The Bertz CT molecular complexity index is 1680. The van der Waals surface area contributed by atoms with E-state index in [2.05, 4.69) is 159 Å². The quantitative estimate of drug-likeness (QED) is 0.198. The Labute approximate surface area is 235 Å². The average molecular weight is 519 g/mol. The van der Waals surface area contributed by atoms with E-state index in [1.54, 1.807) is 0 Å². The molecule has 0 amide bonds. The Morgan fingerprint density at radius 3 is 1.13 bits per heavy atom. The molecule has 0 fully saturated rings. The SMILES string of the molecule is Cc1ccc(/C=C/c2ccc3cc(Sc4ccc5cc(/C=C/c6ccc(C)cc6)ccc5c4)ccc3c2)cc1. The smallest absolute Gasteiger partial charge is 0.0128 e. The highest BCUT2D eigenvalue weighted by Gasteiger charge is 2.03. The molecule has 6 rings (SSSR count). The van der Waals surface area contributed by atoms with Gasteiger partial charge in [0.1, 0.15) is 0 Å². The summed E-state index contributed by atoms with van der Waals surface area (Å²) in [5.74, 6) is 0. The van der Waals surface area contributed by atoms with Crippen molar-refractivity contribution in [1.29, 1.82) is 0 Å². The Morgan fingerprint density at radius 2 is 0.692 bits per heavy atom. The van der Waals surface area contributed by atoms with Gasteiger partial charge in [-0.15, -0.1) is 0 Å². The lowest BCUT2D eigenvalue weighted by Crippen LogP contribution is -1.81. The minimum absolute atomic E-state index is 1.21. The number of fused-ring (bicyclic) bond motifs is 2. The molecular weight excluding hydrogens is 488 g/mol. The molecule has 6 aromatic carbocycles. The van der Waals surface area contributed by atoms with Crippen LogP contribution in [-0.2, 0) is 0 Å². The molecule has 0 aliphatic rings. The zero-order chi connectivity index (χ0) is 26.6. The molecule has 1 heteroatoms. The van der Waals surface area contributed by atoms with Crippen LogP contribution in [0.1, 0.15) is 33.4 Å². The van der Waals surface area contributed by atoms with Crippen molar-refractivity contribution >= 4 is 57.6 Å². The summed E-state index contributed by atoms with van der Waals surface area (Å²) in [4.78, 5) is 2.50. The zero-order valence-electron chi connectivity index (χ0n) is 22.3. The molecular formula is C38H30S. The first-order valence-corrected chi connectivity index (χ1v) is 14.1. The van der Waals surface area contributed by atoms with E-state index < -0.39 is 0 Å². The lowest BCUT2D eigenvalue weighted by atomic mass is 10.1. The van der Waals surface area contributed by atoms with Crippen molar-refractivity contribution in [3.63, 3.8) is 0 Å². The molecule has 0 bridgehead atoms. The predicted molar refractivity (Wildman–Crippen MR) is 172 cm³/mol. The molecule has 6 aromatic rings. The second kappa shape index (κ2) is 11.2. The van der Waals surface area contributed by atoms with Gasteiger partial charge < -0.3 is 0 Å². The van der Waals surface area contributed by atoms with Gasteiger partial charge in [-0.3, -0.25) is 0 Å². The Hall–Kier alpha value is -4.33. The molecule has 0 heterocycles. The van der Waals surface area contributed by atoms with E-state index in [1.165, 1.54) is 64.7 Å². The summed E-state index contributed by atoms with van der Waals surface area (Å²) in [5, 5.41) is 5.04. The first-order chi connectivity index (χ1) is 19.1. The topological polar surface area (TPSA) is 0 Å². The number of benzene rings is 6. The van der Waals surface area contributed by atoms with Crippen molar-refractivity contribution in [2.45, 2.75) is 23.6 Å². The highest BCUT2D eigenvalue weighted by atomic mass is 32.2. The van der Waals surface area contributed by atoms with Crippen LogP contribution >= 0.6 is 11.8 Å². The minimum Gasteiger partial charge on any atom is -0.0901 e. The van der Waals surface area contributed by atoms with E-state index in [-0.39, 0.29) is 0 Å². The van der Waals surface area contributed by atoms with E-state index >= 15 is 0 Å². The molecule has 0 N–H and O–H groups in total. The van der Waals surface area contributed by atoms with E-state index in [1.807, 2.05) is 11.8 Å². The van der Waals surface area contributed by atoms with E-state index in [4.69, 9.17) is 0 Å². The largest absolute Gasteiger partial charge is 0.0901 e. The Kier molecular flexibility index (Phi) is 7.17. The molecule has 0 saturated heterocycles. The van der Waals surface area contributed by atoms with Crippen LogP contribution in [0.2, 0.25) is 0 Å². The second-order valence-electron chi connectivity index (χ2n) is 10.1. The van der Waals surface area contributed by atoms with Crippen LogP contribution in [-0.4, -0.2) is 0 Å². The molecule has 0 atom stereocenters. The van der Waals surface area contributed by atoms with Crippen molar-refractivity contribution < 1.29 is 0 Å². The average Bonchev–Trinajstić information content (AvgIpc) is 2.96. The maximum Gasteiger partial charge on any atom is 0.0128 e. The maximum atomic E-state index is 2.29. The third-order valence-electron chi connectivity index (χ3n) is 7.00. The fourth-order valence-corrected chi connectivity index (χ4v) is 5.61. The molecule has 0 nitrogen and oxygen atoms in total. The molecule has 0 unspecified atom stereocenters. The van der Waals surface area contributed by atoms with Gasteiger partial charge in [0, 0.05) is 9.79 Å². The van der Waals surface area contributed by atoms with Gasteiger partial charge in [0.25, 0.3) is 0 Å². The number of hydrogen-bond donors (Lipinski definition) is 0. The van der Waals surface area contributed by atoms with Gasteiger partial charge in [0.15, 0.2) is 0 Å². The molecule has 0 saturated carbocycles.